The topological polar surface area (TPSA) is 77.8 Å². The van der Waals surface area contributed by atoms with Gasteiger partial charge in [-0.15, -0.1) is 0 Å². The van der Waals surface area contributed by atoms with Gasteiger partial charge in [-0.25, -0.2) is 0 Å². The molecule has 0 spiro atoms. The third-order valence-electron chi connectivity index (χ3n) is 3.48. The van der Waals surface area contributed by atoms with Crippen molar-refractivity contribution in [2.45, 2.75) is 51.9 Å². The molecule has 0 aliphatic heterocycles. The van der Waals surface area contributed by atoms with Crippen molar-refractivity contribution in [2.24, 2.45) is 0 Å². The van der Waals surface area contributed by atoms with E-state index in [0.717, 1.165) is 25.3 Å². The number of carbonyl (C=O) groups is 1. The van der Waals surface area contributed by atoms with Gasteiger partial charge in [0.25, 0.3) is 5.97 Å². The van der Waals surface area contributed by atoms with Crippen molar-refractivity contribution in [3.63, 3.8) is 0 Å². The zero-order valence-electron chi connectivity index (χ0n) is 11.5. The standard InChI is InChI=1S/C13H18O2.C2H4O2/c1-9-12(14)8-7-11(13(9)15)10-5-3-2-4-6-10;1-2(3)4/h7-8,10,14-15H,2-6H2,1H3;1H3,(H,3,4). The van der Waals surface area contributed by atoms with Crippen LogP contribution >= 0.6 is 0 Å². The number of rotatable bonds is 1. The molecule has 1 aliphatic carbocycles. The first-order chi connectivity index (χ1) is 8.93. The fraction of sp³-hybridized carbons (Fsp3) is 0.533. The van der Waals surface area contributed by atoms with E-state index in [1.54, 1.807) is 13.0 Å². The Labute approximate surface area is 113 Å². The van der Waals surface area contributed by atoms with E-state index in [0.29, 0.717) is 17.2 Å². The minimum atomic E-state index is -0.833. The number of hydrogen-bond donors (Lipinski definition) is 3. The van der Waals surface area contributed by atoms with Gasteiger partial charge in [-0.3, -0.25) is 4.79 Å². The molecule has 0 bridgehead atoms. The fourth-order valence-electron chi connectivity index (χ4n) is 2.45. The first-order valence-corrected chi connectivity index (χ1v) is 6.64. The molecular weight excluding hydrogens is 244 g/mol. The van der Waals surface area contributed by atoms with Crippen LogP contribution < -0.4 is 0 Å². The molecular formula is C15H22O4. The Kier molecular flexibility index (Phi) is 5.67. The van der Waals surface area contributed by atoms with Crippen LogP contribution in [0.25, 0.3) is 0 Å². The van der Waals surface area contributed by atoms with E-state index < -0.39 is 5.97 Å². The molecule has 4 heteroatoms. The van der Waals surface area contributed by atoms with Gasteiger partial charge >= 0.3 is 0 Å². The van der Waals surface area contributed by atoms with Crippen LogP contribution in [0.2, 0.25) is 0 Å². The maximum Gasteiger partial charge on any atom is 0.300 e. The van der Waals surface area contributed by atoms with Gasteiger partial charge in [0.15, 0.2) is 0 Å². The number of phenolic OH excluding ortho intramolecular Hbond substituents is 2. The SMILES string of the molecule is CC(=O)O.Cc1c(O)ccc(C2CCCCC2)c1O. The van der Waals surface area contributed by atoms with E-state index in [2.05, 4.69) is 0 Å². The number of hydrogen-bond acceptors (Lipinski definition) is 3. The average Bonchev–Trinajstić information content (AvgIpc) is 2.37. The fourth-order valence-corrected chi connectivity index (χ4v) is 2.45. The summed E-state index contributed by atoms with van der Waals surface area (Å²) < 4.78 is 0. The van der Waals surface area contributed by atoms with Crippen LogP contribution in [0.3, 0.4) is 0 Å². The highest BCUT2D eigenvalue weighted by Gasteiger charge is 2.20. The summed E-state index contributed by atoms with van der Waals surface area (Å²) in [5.74, 6) is 0.131. The molecule has 1 aromatic rings. The molecule has 0 amide bonds. The van der Waals surface area contributed by atoms with E-state index in [4.69, 9.17) is 9.90 Å². The third kappa shape index (κ3) is 4.47. The maximum absolute atomic E-state index is 9.97. The quantitative estimate of drug-likeness (QED) is 0.726. The molecule has 0 heterocycles. The van der Waals surface area contributed by atoms with Gasteiger partial charge in [-0.2, -0.15) is 0 Å². The molecule has 3 N–H and O–H groups in total. The molecule has 106 valence electrons. The summed E-state index contributed by atoms with van der Waals surface area (Å²) in [6.07, 6.45) is 6.15. The number of aliphatic carboxylic acids is 1. The molecule has 1 aromatic carbocycles. The molecule has 4 nitrogen and oxygen atoms in total. The summed E-state index contributed by atoms with van der Waals surface area (Å²) in [5.41, 5.74) is 1.63. The summed E-state index contributed by atoms with van der Waals surface area (Å²) in [5, 5.41) is 26.9. The van der Waals surface area contributed by atoms with Crippen molar-refractivity contribution in [1.29, 1.82) is 0 Å². The third-order valence-corrected chi connectivity index (χ3v) is 3.48. The molecule has 1 saturated carbocycles. The number of phenols is 2. The number of benzene rings is 1. The second kappa shape index (κ2) is 7.02. The predicted molar refractivity (Wildman–Crippen MR) is 73.6 cm³/mol. The predicted octanol–water partition coefficient (Wildman–Crippen LogP) is 3.54. The van der Waals surface area contributed by atoms with Gasteiger partial charge in [0.1, 0.15) is 11.5 Å². The second-order valence-electron chi connectivity index (χ2n) is 5.00. The van der Waals surface area contributed by atoms with Gasteiger partial charge in [0, 0.05) is 12.5 Å². The Morgan fingerprint density at radius 3 is 2.21 bits per heavy atom. The van der Waals surface area contributed by atoms with E-state index >= 15 is 0 Å². The Hall–Kier alpha value is -1.71. The van der Waals surface area contributed by atoms with Gasteiger partial charge in [0.2, 0.25) is 0 Å². The number of aromatic hydroxyl groups is 2. The lowest BCUT2D eigenvalue weighted by Gasteiger charge is -2.23. The molecule has 0 saturated heterocycles. The van der Waals surface area contributed by atoms with Gasteiger partial charge in [-0.05, 0) is 37.3 Å². The first kappa shape index (κ1) is 15.3. The first-order valence-electron chi connectivity index (χ1n) is 6.64. The van der Waals surface area contributed by atoms with Crippen LogP contribution in [-0.4, -0.2) is 21.3 Å². The highest BCUT2D eigenvalue weighted by molar-refractivity contribution is 5.62. The lowest BCUT2D eigenvalue weighted by atomic mass is 9.83. The average molecular weight is 266 g/mol. The Morgan fingerprint density at radius 2 is 1.68 bits per heavy atom. The minimum absolute atomic E-state index is 0.187. The van der Waals surface area contributed by atoms with Gasteiger partial charge in [-0.1, -0.05) is 25.3 Å². The van der Waals surface area contributed by atoms with Crippen molar-refractivity contribution in [3.8, 4) is 11.5 Å². The number of carboxylic acid groups (broad SMARTS) is 1. The van der Waals surface area contributed by atoms with Gasteiger partial charge in [0.05, 0.1) is 0 Å². The molecule has 0 unspecified atom stereocenters. The smallest absolute Gasteiger partial charge is 0.300 e. The zero-order valence-corrected chi connectivity index (χ0v) is 11.5. The summed E-state index contributed by atoms with van der Waals surface area (Å²) >= 11 is 0. The number of carboxylic acids is 1. The van der Waals surface area contributed by atoms with Crippen LogP contribution in [0, 0.1) is 6.92 Å². The van der Waals surface area contributed by atoms with Crippen LogP contribution in [0.15, 0.2) is 12.1 Å². The van der Waals surface area contributed by atoms with Crippen molar-refractivity contribution in [2.75, 3.05) is 0 Å². The second-order valence-corrected chi connectivity index (χ2v) is 5.00. The van der Waals surface area contributed by atoms with Crippen LogP contribution in [0.1, 0.15) is 56.1 Å². The Bertz CT molecular complexity index is 430. The summed E-state index contributed by atoms with van der Waals surface area (Å²) in [6, 6.07) is 3.56. The van der Waals surface area contributed by atoms with E-state index in [1.807, 2.05) is 6.07 Å². The summed E-state index contributed by atoms with van der Waals surface area (Å²) in [4.78, 5) is 9.00. The van der Waals surface area contributed by atoms with Crippen LogP contribution in [0.4, 0.5) is 0 Å². The Morgan fingerprint density at radius 1 is 1.16 bits per heavy atom. The summed E-state index contributed by atoms with van der Waals surface area (Å²) in [6.45, 7) is 2.84. The minimum Gasteiger partial charge on any atom is -0.508 e. The monoisotopic (exact) mass is 266 g/mol. The van der Waals surface area contributed by atoms with Crippen molar-refractivity contribution >= 4 is 5.97 Å². The van der Waals surface area contributed by atoms with Crippen molar-refractivity contribution in [1.82, 2.24) is 0 Å². The maximum atomic E-state index is 9.97. The highest BCUT2D eigenvalue weighted by atomic mass is 16.4. The van der Waals surface area contributed by atoms with Gasteiger partial charge < -0.3 is 15.3 Å². The van der Waals surface area contributed by atoms with E-state index in [9.17, 15) is 10.2 Å². The van der Waals surface area contributed by atoms with Crippen LogP contribution in [0.5, 0.6) is 11.5 Å². The van der Waals surface area contributed by atoms with Crippen molar-refractivity contribution < 1.29 is 20.1 Å². The van der Waals surface area contributed by atoms with Crippen molar-refractivity contribution in [3.05, 3.63) is 23.3 Å². The molecule has 1 fully saturated rings. The van der Waals surface area contributed by atoms with E-state index in [-0.39, 0.29) is 5.75 Å². The molecule has 0 aromatic heterocycles. The summed E-state index contributed by atoms with van der Waals surface area (Å²) in [7, 11) is 0. The Balaban J connectivity index is 0.000000399. The molecule has 19 heavy (non-hydrogen) atoms. The normalized spacial score (nSPS) is 15.5. The zero-order chi connectivity index (χ0) is 14.4. The molecule has 2 rings (SSSR count). The lowest BCUT2D eigenvalue weighted by molar-refractivity contribution is -0.134. The van der Waals surface area contributed by atoms with Crippen LogP contribution in [-0.2, 0) is 4.79 Å². The molecule has 0 radical (unpaired) electrons. The lowest BCUT2D eigenvalue weighted by Crippen LogP contribution is -2.05. The largest absolute Gasteiger partial charge is 0.508 e. The molecule has 0 atom stereocenters. The van der Waals surface area contributed by atoms with E-state index in [1.165, 1.54) is 19.3 Å². The highest BCUT2D eigenvalue weighted by Crippen LogP contribution is 2.40. The molecule has 1 aliphatic rings.